The van der Waals surface area contributed by atoms with E-state index in [1.807, 2.05) is 24.3 Å². The van der Waals surface area contributed by atoms with Gasteiger partial charge in [-0.15, -0.1) is 0 Å². The van der Waals surface area contributed by atoms with E-state index < -0.39 is 11.8 Å². The third-order valence-corrected chi connectivity index (χ3v) is 3.57. The Balaban J connectivity index is 2.11. The van der Waals surface area contributed by atoms with Crippen molar-refractivity contribution in [1.82, 2.24) is 0 Å². The molecule has 5 nitrogen and oxygen atoms in total. The Kier molecular flexibility index (Phi) is 6.77. The molecule has 0 saturated heterocycles. The van der Waals surface area contributed by atoms with Gasteiger partial charge in [-0.25, -0.2) is 9.18 Å². The first-order valence-electron chi connectivity index (χ1n) is 8.21. The van der Waals surface area contributed by atoms with Crippen LogP contribution >= 0.6 is 0 Å². The number of anilines is 2. The van der Waals surface area contributed by atoms with Crippen LogP contribution in [0.4, 0.5) is 20.6 Å². The van der Waals surface area contributed by atoms with Crippen LogP contribution in [-0.2, 0) is 0 Å². The molecule has 0 fully saturated rings. The summed E-state index contributed by atoms with van der Waals surface area (Å²) in [5.74, 6) is -0.106. The Morgan fingerprint density at radius 2 is 1.89 bits per heavy atom. The maximum Gasteiger partial charge on any atom is 0.323 e. The number of methoxy groups -OCH3 is 1. The lowest BCUT2D eigenvalue weighted by molar-refractivity contribution is 0.262. The van der Waals surface area contributed by atoms with Crippen LogP contribution in [0, 0.1) is 5.82 Å². The average Bonchev–Trinajstić information content (AvgIpc) is 2.62. The molecule has 0 aliphatic heterocycles. The third-order valence-electron chi connectivity index (χ3n) is 3.57. The number of halogens is 1. The Labute approximate surface area is 158 Å². The molecule has 2 amide bonds. The van der Waals surface area contributed by atoms with Gasteiger partial charge in [-0.3, -0.25) is 0 Å². The Morgan fingerprint density at radius 3 is 2.48 bits per heavy atom. The monoisotopic (exact) mass is 367 g/mol. The molecule has 0 atom stereocenters. The molecular weight excluding hydrogens is 345 g/mol. The number of carbonyl (C=O) groups is 1. The standard InChI is InChI=1S/C21H22FN3O2/c1-4-5-16(12-14(2)23)15-6-9-18(10-7-15)24-21(26)25-19-13-17(22)8-11-20(19)27-3/h4-13H,1,23H2,2-3H3,(H2,24,25,26)/b14-12-,16-5+. The third kappa shape index (κ3) is 5.74. The largest absolute Gasteiger partial charge is 0.495 e. The summed E-state index contributed by atoms with van der Waals surface area (Å²) in [6.45, 7) is 5.51. The van der Waals surface area contributed by atoms with E-state index in [2.05, 4.69) is 17.2 Å². The van der Waals surface area contributed by atoms with Crippen molar-refractivity contribution >= 4 is 23.0 Å². The highest BCUT2D eigenvalue weighted by Gasteiger charge is 2.09. The van der Waals surface area contributed by atoms with Crippen LogP contribution in [0.2, 0.25) is 0 Å². The molecule has 2 aromatic carbocycles. The van der Waals surface area contributed by atoms with Crippen molar-refractivity contribution in [3.05, 3.63) is 84.3 Å². The van der Waals surface area contributed by atoms with Gasteiger partial charge in [-0.1, -0.05) is 30.9 Å². The molecule has 0 aliphatic rings. The molecule has 0 saturated carbocycles. The van der Waals surface area contributed by atoms with Gasteiger partial charge in [0, 0.05) is 17.5 Å². The second-order valence-corrected chi connectivity index (χ2v) is 5.75. The second-order valence-electron chi connectivity index (χ2n) is 5.75. The number of nitrogens with two attached hydrogens (primary N) is 1. The predicted molar refractivity (Wildman–Crippen MR) is 108 cm³/mol. The van der Waals surface area contributed by atoms with Gasteiger partial charge in [0.1, 0.15) is 11.6 Å². The summed E-state index contributed by atoms with van der Waals surface area (Å²) in [6.07, 6.45) is 5.37. The number of nitrogens with one attached hydrogen (secondary N) is 2. The molecular formula is C21H22FN3O2. The minimum absolute atomic E-state index is 0.242. The molecule has 2 rings (SSSR count). The number of carbonyl (C=O) groups excluding carboxylic acids is 1. The quantitative estimate of drug-likeness (QED) is 0.635. The zero-order valence-corrected chi connectivity index (χ0v) is 15.3. The van der Waals surface area contributed by atoms with E-state index in [0.29, 0.717) is 17.1 Å². The molecule has 0 bridgehead atoms. The Bertz CT molecular complexity index is 883. The molecule has 0 heterocycles. The van der Waals surface area contributed by atoms with E-state index in [1.165, 1.54) is 25.3 Å². The van der Waals surface area contributed by atoms with E-state index in [9.17, 15) is 9.18 Å². The number of rotatable bonds is 6. The van der Waals surface area contributed by atoms with Gasteiger partial charge in [0.15, 0.2) is 0 Å². The molecule has 0 unspecified atom stereocenters. The van der Waals surface area contributed by atoms with Gasteiger partial charge in [-0.05, 0) is 48.4 Å². The van der Waals surface area contributed by atoms with E-state index in [-0.39, 0.29) is 5.69 Å². The summed E-state index contributed by atoms with van der Waals surface area (Å²) in [6, 6.07) is 10.6. The first kappa shape index (κ1) is 19.8. The van der Waals surface area contributed by atoms with Crippen molar-refractivity contribution in [2.75, 3.05) is 17.7 Å². The van der Waals surface area contributed by atoms with Gasteiger partial charge in [-0.2, -0.15) is 0 Å². The summed E-state index contributed by atoms with van der Waals surface area (Å²) in [5.41, 5.74) is 9.08. The molecule has 2 aromatic rings. The van der Waals surface area contributed by atoms with Crippen molar-refractivity contribution in [1.29, 1.82) is 0 Å². The first-order valence-corrected chi connectivity index (χ1v) is 8.21. The molecule has 0 aromatic heterocycles. The average molecular weight is 367 g/mol. The predicted octanol–water partition coefficient (Wildman–Crippen LogP) is 4.91. The number of allylic oxidation sites excluding steroid dienone is 5. The number of urea groups is 1. The van der Waals surface area contributed by atoms with Crippen molar-refractivity contribution in [2.45, 2.75) is 6.92 Å². The van der Waals surface area contributed by atoms with Crippen molar-refractivity contribution in [3.8, 4) is 5.75 Å². The minimum Gasteiger partial charge on any atom is -0.495 e. The van der Waals surface area contributed by atoms with Crippen LogP contribution in [0.1, 0.15) is 12.5 Å². The van der Waals surface area contributed by atoms with Crippen molar-refractivity contribution in [3.63, 3.8) is 0 Å². The highest BCUT2D eigenvalue weighted by molar-refractivity contribution is 6.00. The summed E-state index contributed by atoms with van der Waals surface area (Å²) in [4.78, 5) is 12.2. The van der Waals surface area contributed by atoms with Gasteiger partial charge in [0.25, 0.3) is 0 Å². The minimum atomic E-state index is -0.508. The molecule has 0 radical (unpaired) electrons. The summed E-state index contributed by atoms with van der Waals surface area (Å²) < 4.78 is 18.5. The van der Waals surface area contributed by atoms with Crippen LogP contribution < -0.4 is 21.1 Å². The van der Waals surface area contributed by atoms with Crippen LogP contribution in [0.3, 0.4) is 0 Å². The lowest BCUT2D eigenvalue weighted by Crippen LogP contribution is -2.19. The van der Waals surface area contributed by atoms with Gasteiger partial charge in [0.2, 0.25) is 0 Å². The van der Waals surface area contributed by atoms with Gasteiger partial charge < -0.3 is 21.1 Å². The summed E-state index contributed by atoms with van der Waals surface area (Å²) >= 11 is 0. The Morgan fingerprint density at radius 1 is 1.19 bits per heavy atom. The lowest BCUT2D eigenvalue weighted by Gasteiger charge is -2.12. The number of benzene rings is 2. The van der Waals surface area contributed by atoms with E-state index >= 15 is 0 Å². The highest BCUT2D eigenvalue weighted by atomic mass is 19.1. The molecule has 6 heteroatoms. The molecule has 27 heavy (non-hydrogen) atoms. The van der Waals surface area contributed by atoms with Gasteiger partial charge >= 0.3 is 6.03 Å². The number of ether oxygens (including phenoxy) is 1. The fraction of sp³-hybridized carbons (Fsp3) is 0.0952. The zero-order valence-electron chi connectivity index (χ0n) is 15.3. The molecule has 140 valence electrons. The fourth-order valence-electron chi connectivity index (χ4n) is 2.41. The molecule has 0 spiro atoms. The van der Waals surface area contributed by atoms with Crippen LogP contribution in [-0.4, -0.2) is 13.1 Å². The smallest absolute Gasteiger partial charge is 0.323 e. The Hall–Kier alpha value is -3.54. The topological polar surface area (TPSA) is 76.4 Å². The van der Waals surface area contributed by atoms with Gasteiger partial charge in [0.05, 0.1) is 12.8 Å². The maximum absolute atomic E-state index is 13.4. The highest BCUT2D eigenvalue weighted by Crippen LogP contribution is 2.25. The van der Waals surface area contributed by atoms with Crippen LogP contribution in [0.5, 0.6) is 5.75 Å². The second kappa shape index (κ2) is 9.24. The SMILES string of the molecule is C=C/C=C(\C=C(\C)N)c1ccc(NC(=O)Nc2cc(F)ccc2OC)cc1. The van der Waals surface area contributed by atoms with Crippen molar-refractivity contribution in [2.24, 2.45) is 5.73 Å². The lowest BCUT2D eigenvalue weighted by atomic mass is 10.0. The summed E-state index contributed by atoms with van der Waals surface area (Å²) in [5, 5.41) is 5.26. The van der Waals surface area contributed by atoms with Crippen LogP contribution in [0.25, 0.3) is 5.57 Å². The van der Waals surface area contributed by atoms with E-state index in [1.54, 1.807) is 25.1 Å². The maximum atomic E-state index is 13.4. The van der Waals surface area contributed by atoms with E-state index in [0.717, 1.165) is 11.1 Å². The number of hydrogen-bond donors (Lipinski definition) is 3. The normalized spacial score (nSPS) is 11.7. The first-order chi connectivity index (χ1) is 12.9. The molecule has 4 N–H and O–H groups in total. The fourth-order valence-corrected chi connectivity index (χ4v) is 2.41. The number of hydrogen-bond acceptors (Lipinski definition) is 3. The van der Waals surface area contributed by atoms with Crippen molar-refractivity contribution < 1.29 is 13.9 Å². The molecule has 0 aliphatic carbocycles. The zero-order chi connectivity index (χ0) is 19.8. The summed E-state index contributed by atoms with van der Waals surface area (Å²) in [7, 11) is 1.45. The number of amides is 2. The van der Waals surface area contributed by atoms with Crippen LogP contribution in [0.15, 0.2) is 73.0 Å². The van der Waals surface area contributed by atoms with E-state index in [4.69, 9.17) is 10.5 Å².